The molecule has 2 aliphatic rings. The number of hydrogen-bond acceptors (Lipinski definition) is 4. The Morgan fingerprint density at radius 3 is 2.85 bits per heavy atom. The van der Waals surface area contributed by atoms with E-state index in [2.05, 4.69) is 30.7 Å². The second kappa shape index (κ2) is 2.48. The van der Waals surface area contributed by atoms with Crippen molar-refractivity contribution in [2.75, 3.05) is 0 Å². The SMILES string of the molecule is CC(C)(C)N1C=CC(N)=NC2OC21. The molecule has 1 fully saturated rings. The van der Waals surface area contributed by atoms with Gasteiger partial charge in [-0.15, -0.1) is 0 Å². The van der Waals surface area contributed by atoms with Gasteiger partial charge in [0.25, 0.3) is 0 Å². The molecule has 0 spiro atoms. The molecule has 0 aromatic heterocycles. The predicted octanol–water partition coefficient (Wildman–Crippen LogP) is 0.654. The molecule has 2 N–H and O–H groups in total. The van der Waals surface area contributed by atoms with Crippen molar-refractivity contribution in [3.8, 4) is 0 Å². The van der Waals surface area contributed by atoms with E-state index in [1.807, 2.05) is 12.3 Å². The Morgan fingerprint density at radius 2 is 2.23 bits per heavy atom. The molecule has 0 bridgehead atoms. The lowest BCUT2D eigenvalue weighted by Gasteiger charge is -2.32. The first kappa shape index (κ1) is 8.56. The maximum absolute atomic E-state index is 5.61. The molecule has 2 rings (SSSR count). The van der Waals surface area contributed by atoms with Crippen molar-refractivity contribution in [3.05, 3.63) is 12.3 Å². The number of nitrogens with zero attached hydrogens (tertiary/aromatic N) is 2. The molecule has 4 nitrogen and oxygen atoms in total. The van der Waals surface area contributed by atoms with E-state index in [0.29, 0.717) is 5.84 Å². The summed E-state index contributed by atoms with van der Waals surface area (Å²) in [4.78, 5) is 6.30. The highest BCUT2D eigenvalue weighted by atomic mass is 16.6. The lowest BCUT2D eigenvalue weighted by Crippen LogP contribution is -2.39. The first-order valence-electron chi connectivity index (χ1n) is 4.44. The number of amidine groups is 1. The van der Waals surface area contributed by atoms with Crippen LogP contribution in [0.4, 0.5) is 0 Å². The summed E-state index contributed by atoms with van der Waals surface area (Å²) in [5.74, 6) is 0.541. The van der Waals surface area contributed by atoms with E-state index in [1.165, 1.54) is 0 Å². The van der Waals surface area contributed by atoms with Gasteiger partial charge in [-0.05, 0) is 26.8 Å². The van der Waals surface area contributed by atoms with Crippen molar-refractivity contribution >= 4 is 5.84 Å². The maximum atomic E-state index is 5.61. The van der Waals surface area contributed by atoms with E-state index < -0.39 is 0 Å². The standard InChI is InChI=1S/C9H15N3O/c1-9(2,3)12-5-4-6(10)11-7-8(12)13-7/h4-5,7-8H,1-3H3,(H2,10,11). The normalized spacial score (nSPS) is 32.2. The predicted molar refractivity (Wildman–Crippen MR) is 51.0 cm³/mol. The zero-order valence-corrected chi connectivity index (χ0v) is 8.19. The average Bonchev–Trinajstić information content (AvgIpc) is 2.62. The molecule has 13 heavy (non-hydrogen) atoms. The first-order valence-corrected chi connectivity index (χ1v) is 4.44. The monoisotopic (exact) mass is 181 g/mol. The van der Waals surface area contributed by atoms with Crippen LogP contribution >= 0.6 is 0 Å². The second-order valence-corrected chi connectivity index (χ2v) is 4.37. The quantitative estimate of drug-likeness (QED) is 0.558. The van der Waals surface area contributed by atoms with Crippen LogP contribution in [0.3, 0.4) is 0 Å². The molecule has 2 heterocycles. The molecule has 4 heteroatoms. The van der Waals surface area contributed by atoms with E-state index in [4.69, 9.17) is 10.5 Å². The molecule has 0 aromatic rings. The number of hydrogen-bond donors (Lipinski definition) is 1. The van der Waals surface area contributed by atoms with Crippen LogP contribution in [0.25, 0.3) is 0 Å². The molecule has 2 atom stereocenters. The zero-order chi connectivity index (χ0) is 9.64. The van der Waals surface area contributed by atoms with Crippen molar-refractivity contribution in [2.45, 2.75) is 38.8 Å². The molecular formula is C9H15N3O. The summed E-state index contributed by atoms with van der Waals surface area (Å²) >= 11 is 0. The zero-order valence-electron chi connectivity index (χ0n) is 8.19. The number of fused-ring (bicyclic) bond motifs is 1. The molecule has 0 aromatic carbocycles. The first-order chi connectivity index (χ1) is 5.98. The van der Waals surface area contributed by atoms with Crippen LogP contribution in [0.1, 0.15) is 20.8 Å². The second-order valence-electron chi connectivity index (χ2n) is 4.37. The molecule has 72 valence electrons. The molecular weight excluding hydrogens is 166 g/mol. The lowest BCUT2D eigenvalue weighted by molar-refractivity contribution is 0.133. The van der Waals surface area contributed by atoms with Gasteiger partial charge < -0.3 is 15.4 Å². The highest BCUT2D eigenvalue weighted by Gasteiger charge is 2.47. The Hall–Kier alpha value is -1.03. The number of epoxide rings is 1. The maximum Gasteiger partial charge on any atom is 0.197 e. The third kappa shape index (κ3) is 1.54. The van der Waals surface area contributed by atoms with Crippen molar-refractivity contribution in [1.29, 1.82) is 0 Å². The summed E-state index contributed by atoms with van der Waals surface area (Å²) in [5, 5.41) is 0. The molecule has 0 radical (unpaired) electrons. The highest BCUT2D eigenvalue weighted by molar-refractivity contribution is 5.91. The van der Waals surface area contributed by atoms with E-state index >= 15 is 0 Å². The molecule has 2 unspecified atom stereocenters. The van der Waals surface area contributed by atoms with Gasteiger partial charge >= 0.3 is 0 Å². The summed E-state index contributed by atoms with van der Waals surface area (Å²) in [6, 6.07) is 0. The van der Waals surface area contributed by atoms with Gasteiger partial charge in [0.05, 0.1) is 0 Å². The Bertz CT molecular complexity index is 277. The smallest absolute Gasteiger partial charge is 0.197 e. The summed E-state index contributed by atoms with van der Waals surface area (Å²) in [6.07, 6.45) is 3.79. The molecule has 1 saturated heterocycles. The highest BCUT2D eigenvalue weighted by Crippen LogP contribution is 2.34. The summed E-state index contributed by atoms with van der Waals surface area (Å²) < 4.78 is 5.37. The van der Waals surface area contributed by atoms with Gasteiger partial charge in [0.1, 0.15) is 5.84 Å². The lowest BCUT2D eigenvalue weighted by atomic mass is 10.1. The Morgan fingerprint density at radius 1 is 1.54 bits per heavy atom. The number of ether oxygens (including phenoxy) is 1. The molecule has 0 saturated carbocycles. The number of aliphatic imine (C=N–C) groups is 1. The van der Waals surface area contributed by atoms with Crippen LogP contribution in [0.2, 0.25) is 0 Å². The van der Waals surface area contributed by atoms with Crippen molar-refractivity contribution in [2.24, 2.45) is 10.7 Å². The Balaban J connectivity index is 2.21. The van der Waals surface area contributed by atoms with Crippen LogP contribution in [0.15, 0.2) is 17.3 Å². The Labute approximate surface area is 78.1 Å². The van der Waals surface area contributed by atoms with E-state index in [0.717, 1.165) is 0 Å². The van der Waals surface area contributed by atoms with E-state index in [-0.39, 0.29) is 18.0 Å². The fraction of sp³-hybridized carbons (Fsp3) is 0.667. The summed E-state index contributed by atoms with van der Waals surface area (Å²) in [6.45, 7) is 6.41. The van der Waals surface area contributed by atoms with Gasteiger partial charge in [0.2, 0.25) is 0 Å². The van der Waals surface area contributed by atoms with Gasteiger partial charge in [-0.1, -0.05) is 0 Å². The molecule has 0 aliphatic carbocycles. The molecule has 2 aliphatic heterocycles. The Kier molecular flexibility index (Phi) is 1.63. The van der Waals surface area contributed by atoms with E-state index in [1.54, 1.807) is 0 Å². The van der Waals surface area contributed by atoms with E-state index in [9.17, 15) is 0 Å². The number of nitrogens with two attached hydrogens (primary N) is 1. The fourth-order valence-electron chi connectivity index (χ4n) is 1.43. The third-order valence-corrected chi connectivity index (χ3v) is 2.18. The van der Waals surface area contributed by atoms with Crippen LogP contribution in [-0.4, -0.2) is 28.7 Å². The van der Waals surface area contributed by atoms with Gasteiger partial charge in [-0.2, -0.15) is 0 Å². The topological polar surface area (TPSA) is 54.1 Å². The van der Waals surface area contributed by atoms with Crippen molar-refractivity contribution in [3.63, 3.8) is 0 Å². The van der Waals surface area contributed by atoms with Crippen molar-refractivity contribution < 1.29 is 4.74 Å². The van der Waals surface area contributed by atoms with Gasteiger partial charge in [0.15, 0.2) is 12.5 Å². The minimum Gasteiger partial charge on any atom is -0.384 e. The average molecular weight is 181 g/mol. The summed E-state index contributed by atoms with van der Waals surface area (Å²) in [5.41, 5.74) is 5.67. The van der Waals surface area contributed by atoms with Gasteiger partial charge in [-0.25, -0.2) is 4.99 Å². The van der Waals surface area contributed by atoms with Gasteiger partial charge in [-0.3, -0.25) is 0 Å². The fourth-order valence-corrected chi connectivity index (χ4v) is 1.43. The third-order valence-electron chi connectivity index (χ3n) is 2.18. The van der Waals surface area contributed by atoms with Gasteiger partial charge in [0, 0.05) is 11.7 Å². The minimum atomic E-state index is -0.0609. The molecule has 0 amide bonds. The van der Waals surface area contributed by atoms with Crippen LogP contribution in [-0.2, 0) is 4.74 Å². The number of rotatable bonds is 0. The van der Waals surface area contributed by atoms with Crippen LogP contribution < -0.4 is 5.73 Å². The summed E-state index contributed by atoms with van der Waals surface area (Å²) in [7, 11) is 0. The van der Waals surface area contributed by atoms with Crippen LogP contribution in [0.5, 0.6) is 0 Å². The minimum absolute atomic E-state index is 0.0516. The van der Waals surface area contributed by atoms with Crippen molar-refractivity contribution in [1.82, 2.24) is 4.90 Å². The van der Waals surface area contributed by atoms with Crippen LogP contribution in [0, 0.1) is 0 Å². The largest absolute Gasteiger partial charge is 0.384 e.